The normalized spacial score (nSPS) is 25.1. The monoisotopic (exact) mass is 827 g/mol. The molecule has 314 valence electrons. The van der Waals surface area contributed by atoms with Gasteiger partial charge in [-0.2, -0.15) is 0 Å². The number of amidine groups is 3. The molecule has 4 heterocycles. The zero-order valence-electron chi connectivity index (χ0n) is 36.0. The predicted octanol–water partition coefficient (Wildman–Crippen LogP) is 11.3. The summed E-state index contributed by atoms with van der Waals surface area (Å²) in [5, 5.41) is 19.5. The first-order valence-electron chi connectivity index (χ1n) is 22.6. The van der Waals surface area contributed by atoms with Gasteiger partial charge in [-0.05, 0) is 80.7 Å². The number of para-hydroxylation sites is 1. The van der Waals surface area contributed by atoms with E-state index < -0.39 is 5.79 Å². The summed E-state index contributed by atoms with van der Waals surface area (Å²) in [5.41, 5.74) is 12.6. The van der Waals surface area contributed by atoms with Crippen LogP contribution in [0.4, 0.5) is 11.4 Å². The van der Waals surface area contributed by atoms with Gasteiger partial charge in [-0.3, -0.25) is 15.7 Å². The predicted molar refractivity (Wildman–Crippen MR) is 263 cm³/mol. The first-order chi connectivity index (χ1) is 30.9. The Hall–Kier alpha value is -6.84. The molecule has 4 unspecified atom stereocenters. The molecule has 0 radical (unpaired) electrons. The summed E-state index contributed by atoms with van der Waals surface area (Å²) in [6.07, 6.45) is 36.6. The summed E-state index contributed by atoms with van der Waals surface area (Å²) in [5.74, 6) is 1.42. The molecule has 3 aliphatic heterocycles. The van der Waals surface area contributed by atoms with Crippen LogP contribution in [0.15, 0.2) is 177 Å². The van der Waals surface area contributed by atoms with Crippen LogP contribution in [0.5, 0.6) is 0 Å². The molecule has 0 saturated heterocycles. The van der Waals surface area contributed by atoms with Gasteiger partial charge in [0.2, 0.25) is 0 Å². The molecule has 0 spiro atoms. The highest BCUT2D eigenvalue weighted by atomic mass is 15.5. The molecular weight excluding hydrogens is 775 g/mol. The number of aliphatic imine (C=N–C) groups is 3. The molecule has 11 rings (SSSR count). The maximum Gasteiger partial charge on any atom is 0.170 e. The zero-order chi connectivity index (χ0) is 42.5. The number of anilines is 2. The van der Waals surface area contributed by atoms with Gasteiger partial charge in [0.1, 0.15) is 23.7 Å². The van der Waals surface area contributed by atoms with Gasteiger partial charge in [-0.15, -0.1) is 0 Å². The van der Waals surface area contributed by atoms with Crippen molar-refractivity contribution in [3.63, 3.8) is 0 Å². The lowest BCUT2D eigenvalue weighted by Gasteiger charge is -2.50. The Morgan fingerprint density at radius 1 is 0.841 bits per heavy atom. The number of allylic oxidation sites excluding steroid dienone is 13. The van der Waals surface area contributed by atoms with E-state index in [-0.39, 0.29) is 18.0 Å². The second kappa shape index (κ2) is 16.1. The number of dihydropyridines is 1. The summed E-state index contributed by atoms with van der Waals surface area (Å²) >= 11 is 0. The van der Waals surface area contributed by atoms with Crippen LogP contribution in [-0.4, -0.2) is 48.1 Å². The third-order valence-corrected chi connectivity index (χ3v) is 13.5. The van der Waals surface area contributed by atoms with E-state index in [4.69, 9.17) is 20.4 Å². The van der Waals surface area contributed by atoms with Crippen molar-refractivity contribution < 1.29 is 0 Å². The minimum Gasteiger partial charge on any atom is -0.352 e. The van der Waals surface area contributed by atoms with Crippen LogP contribution in [0.25, 0.3) is 27.4 Å². The number of fused-ring (bicyclic) bond motifs is 7. The van der Waals surface area contributed by atoms with E-state index in [9.17, 15) is 0 Å². The van der Waals surface area contributed by atoms with Crippen molar-refractivity contribution in [3.05, 3.63) is 173 Å². The Bertz CT molecular complexity index is 2920. The Balaban J connectivity index is 1.10. The molecule has 4 atom stereocenters. The van der Waals surface area contributed by atoms with Gasteiger partial charge in [-0.1, -0.05) is 128 Å². The Kier molecular flexibility index (Phi) is 9.99. The van der Waals surface area contributed by atoms with E-state index in [0.717, 1.165) is 113 Å². The molecule has 0 fully saturated rings. The van der Waals surface area contributed by atoms with Crippen molar-refractivity contribution in [1.82, 2.24) is 15.6 Å². The number of hydrogen-bond acceptors (Lipinski definition) is 6. The van der Waals surface area contributed by atoms with Gasteiger partial charge in [0.05, 0.1) is 22.4 Å². The Morgan fingerprint density at radius 3 is 2.49 bits per heavy atom. The topological polar surface area (TPSA) is 107 Å². The molecule has 4 aliphatic carbocycles. The summed E-state index contributed by atoms with van der Waals surface area (Å²) in [6, 6.07) is 21.8. The first-order valence-corrected chi connectivity index (χ1v) is 22.6. The van der Waals surface area contributed by atoms with Crippen LogP contribution in [0.2, 0.25) is 0 Å². The van der Waals surface area contributed by atoms with Gasteiger partial charge >= 0.3 is 0 Å². The molecule has 0 bridgehead atoms. The van der Waals surface area contributed by atoms with Crippen LogP contribution >= 0.6 is 0 Å². The van der Waals surface area contributed by atoms with E-state index in [1.807, 2.05) is 12.2 Å². The van der Waals surface area contributed by atoms with Crippen LogP contribution in [-0.2, 0) is 0 Å². The second-order valence-corrected chi connectivity index (χ2v) is 17.5. The van der Waals surface area contributed by atoms with Crippen molar-refractivity contribution in [2.75, 3.05) is 23.4 Å². The fraction of sp³-hybridized carbons (Fsp3) is 0.259. The average Bonchev–Trinajstić information content (AvgIpc) is 3.67. The number of likely N-dealkylation sites (N-methyl/N-ethyl adjacent to an activating group) is 1. The summed E-state index contributed by atoms with van der Waals surface area (Å²) < 4.78 is 0. The quantitative estimate of drug-likeness (QED) is 0.115. The fourth-order valence-electron chi connectivity index (χ4n) is 10.4. The first kappa shape index (κ1) is 39.0. The smallest absolute Gasteiger partial charge is 0.170 e. The number of aromatic amines is 1. The molecule has 9 heteroatoms. The maximum absolute atomic E-state index is 9.16. The standard InChI is InChI=1S/C54H53N9/c1-54(60-51(36-20-9-4-10-21-36)59-52(61-54)37-22-11-5-12-23-37)63-44-28-16-15-26-40(44)39-32-33-56-34-43(39)47-45(63)31-30-42-41-27-17-29-46(48(41)57-49(42)47)62(2)53(38-24-13-6-14-25-38)58-50(55)35-18-7-3-8-19-35/h3-5,7-13,15,17-18,20-22,24-27,29-31,34-35,37,51,55,57,60H,6,14,16,19,23,28,32-33H2,1-2H3,(H,59,61). The highest BCUT2D eigenvalue weighted by molar-refractivity contribution is 6.25. The number of rotatable bonds is 6. The summed E-state index contributed by atoms with van der Waals surface area (Å²) in [6.45, 7) is 3.05. The molecular formula is C54H53N9. The number of benzene rings is 3. The van der Waals surface area contributed by atoms with Crippen LogP contribution < -0.4 is 20.4 Å². The second-order valence-electron chi connectivity index (χ2n) is 17.5. The third-order valence-electron chi connectivity index (χ3n) is 13.5. The summed E-state index contributed by atoms with van der Waals surface area (Å²) in [7, 11) is 2.09. The van der Waals surface area contributed by atoms with Crippen LogP contribution in [0.1, 0.15) is 69.2 Å². The summed E-state index contributed by atoms with van der Waals surface area (Å²) in [4.78, 5) is 24.3. The number of H-pyrrole nitrogens is 1. The van der Waals surface area contributed by atoms with Crippen molar-refractivity contribution >= 4 is 62.5 Å². The van der Waals surface area contributed by atoms with E-state index in [2.05, 4.69) is 173 Å². The van der Waals surface area contributed by atoms with Crippen LogP contribution in [0.3, 0.4) is 0 Å². The van der Waals surface area contributed by atoms with E-state index in [0.29, 0.717) is 5.84 Å². The molecule has 9 nitrogen and oxygen atoms in total. The Morgan fingerprint density at radius 2 is 1.68 bits per heavy atom. The van der Waals surface area contributed by atoms with Crippen molar-refractivity contribution in [3.8, 4) is 0 Å². The van der Waals surface area contributed by atoms with Gasteiger partial charge in [0.15, 0.2) is 5.79 Å². The lowest BCUT2D eigenvalue weighted by molar-refractivity contribution is 0.263. The molecule has 0 amide bonds. The molecule has 4 N–H and O–H groups in total. The number of aromatic nitrogens is 1. The van der Waals surface area contributed by atoms with Gasteiger partial charge in [-0.25, -0.2) is 9.98 Å². The molecule has 7 aliphatic rings. The van der Waals surface area contributed by atoms with Crippen molar-refractivity contribution in [2.24, 2.45) is 26.8 Å². The lowest BCUT2D eigenvalue weighted by Crippen LogP contribution is -2.70. The van der Waals surface area contributed by atoms with E-state index in [1.54, 1.807) is 0 Å². The van der Waals surface area contributed by atoms with Gasteiger partial charge in [0, 0.05) is 64.8 Å². The maximum atomic E-state index is 9.16. The fourth-order valence-corrected chi connectivity index (χ4v) is 10.4. The largest absolute Gasteiger partial charge is 0.352 e. The SMILES string of the molecule is CN(C(=NC(=N)C1C=CC=CC1)C1=CCCC=C1)c1cccc2c1[nH]c1c3c(ccc12)N(C1(C)NC(C2C=CC=CC2)=NC(c2ccccc2)N1)C1=C(C=CCC1)C1=C3C=NCC1. The molecule has 63 heavy (non-hydrogen) atoms. The van der Waals surface area contributed by atoms with Gasteiger partial charge < -0.3 is 20.1 Å². The van der Waals surface area contributed by atoms with E-state index in [1.165, 1.54) is 22.4 Å². The molecule has 1 aromatic heterocycles. The number of nitrogens with zero attached hydrogens (tertiary/aromatic N) is 5. The molecule has 4 aromatic rings. The average molecular weight is 828 g/mol. The lowest BCUT2D eigenvalue weighted by atomic mass is 9.88. The Labute approximate surface area is 369 Å². The van der Waals surface area contributed by atoms with Crippen molar-refractivity contribution in [2.45, 2.75) is 63.8 Å². The highest BCUT2D eigenvalue weighted by Crippen LogP contribution is 2.49. The van der Waals surface area contributed by atoms with E-state index >= 15 is 0 Å². The number of nitrogens with one attached hydrogen (secondary N) is 4. The van der Waals surface area contributed by atoms with Crippen molar-refractivity contribution in [1.29, 1.82) is 5.41 Å². The third kappa shape index (κ3) is 6.91. The minimum atomic E-state index is -0.773. The minimum absolute atomic E-state index is 0.0564. The zero-order valence-corrected chi connectivity index (χ0v) is 36.0. The molecule has 0 saturated carbocycles. The highest BCUT2D eigenvalue weighted by Gasteiger charge is 2.45. The van der Waals surface area contributed by atoms with Gasteiger partial charge in [0.25, 0.3) is 0 Å². The van der Waals surface area contributed by atoms with Crippen LogP contribution in [0, 0.1) is 17.2 Å². The molecule has 3 aromatic carbocycles. The number of hydrogen-bond donors (Lipinski definition) is 4.